The van der Waals surface area contributed by atoms with Gasteiger partial charge in [-0.1, -0.05) is 19.0 Å². The first-order valence-electron chi connectivity index (χ1n) is 5.12. The van der Waals surface area contributed by atoms with Gasteiger partial charge >= 0.3 is 0 Å². The highest BCUT2D eigenvalue weighted by Gasteiger charge is 2.22. The highest BCUT2D eigenvalue weighted by Crippen LogP contribution is 2.19. The van der Waals surface area contributed by atoms with E-state index in [0.29, 0.717) is 0 Å². The predicted octanol–water partition coefficient (Wildman–Crippen LogP) is 1.40. The molecule has 1 heterocycles. The minimum absolute atomic E-state index is 0.270. The van der Waals surface area contributed by atoms with Crippen molar-refractivity contribution in [1.82, 2.24) is 10.3 Å². The molecule has 4 N–H and O–H groups in total. The molecule has 5 nitrogen and oxygen atoms in total. The number of thiazole rings is 1. The first kappa shape index (κ1) is 12.9. The number of hydrogen-bond donors (Lipinski definition) is 3. The Bertz CT molecular complexity index is 335. The second kappa shape index (κ2) is 5.81. The topological polar surface area (TPSA) is 83.5 Å². The molecule has 0 aliphatic rings. The lowest BCUT2D eigenvalue weighted by Gasteiger charge is -2.22. The maximum Gasteiger partial charge on any atom is 0.144 e. The van der Waals surface area contributed by atoms with Crippen molar-refractivity contribution in [2.75, 3.05) is 6.54 Å². The van der Waals surface area contributed by atoms with Crippen LogP contribution >= 0.6 is 11.3 Å². The zero-order chi connectivity index (χ0) is 12.0. The van der Waals surface area contributed by atoms with Crippen molar-refractivity contribution < 1.29 is 5.21 Å². The Morgan fingerprint density at radius 1 is 1.69 bits per heavy atom. The van der Waals surface area contributed by atoms with Crippen LogP contribution in [0.3, 0.4) is 0 Å². The summed E-state index contributed by atoms with van der Waals surface area (Å²) in [6.45, 7) is 5.55. The zero-order valence-electron chi connectivity index (χ0n) is 9.60. The van der Waals surface area contributed by atoms with Crippen molar-refractivity contribution in [3.8, 4) is 0 Å². The van der Waals surface area contributed by atoms with E-state index in [9.17, 15) is 0 Å². The van der Waals surface area contributed by atoms with Crippen LogP contribution in [0.4, 0.5) is 0 Å². The number of nitrogens with zero attached hydrogens (tertiary/aromatic N) is 2. The average molecular weight is 242 g/mol. The van der Waals surface area contributed by atoms with Gasteiger partial charge in [0.05, 0.1) is 5.51 Å². The zero-order valence-corrected chi connectivity index (χ0v) is 10.4. The van der Waals surface area contributed by atoms with E-state index in [0.717, 1.165) is 19.5 Å². The van der Waals surface area contributed by atoms with Gasteiger partial charge in [0.1, 0.15) is 5.84 Å². The van der Waals surface area contributed by atoms with Crippen molar-refractivity contribution in [2.24, 2.45) is 16.3 Å². The highest BCUT2D eigenvalue weighted by molar-refractivity contribution is 7.09. The van der Waals surface area contributed by atoms with Crippen LogP contribution in [0.1, 0.15) is 25.1 Å². The Labute approximate surface area is 99.4 Å². The number of aromatic nitrogens is 1. The summed E-state index contributed by atoms with van der Waals surface area (Å²) in [6, 6.07) is 0. The fourth-order valence-electron chi connectivity index (χ4n) is 1.21. The van der Waals surface area contributed by atoms with Gasteiger partial charge in [-0.25, -0.2) is 0 Å². The standard InChI is InChI=1S/C10H18N4OS/c1-10(2,9(11)14-15)3-4-12-5-8-6-13-7-16-8/h6-7,12,15H,3-5H2,1-2H3,(H2,11,14). The first-order chi connectivity index (χ1) is 7.56. The van der Waals surface area contributed by atoms with Crippen LogP contribution in [0.25, 0.3) is 0 Å². The molecule has 0 unspecified atom stereocenters. The molecule has 16 heavy (non-hydrogen) atoms. The Hall–Kier alpha value is -1.14. The molecule has 1 aromatic rings. The van der Waals surface area contributed by atoms with Crippen LogP contribution in [0, 0.1) is 5.41 Å². The lowest BCUT2D eigenvalue weighted by atomic mass is 9.88. The molecule has 90 valence electrons. The summed E-state index contributed by atoms with van der Waals surface area (Å²) in [4.78, 5) is 5.21. The molecule has 1 aromatic heterocycles. The molecule has 6 heteroatoms. The van der Waals surface area contributed by atoms with E-state index in [1.807, 2.05) is 25.6 Å². The van der Waals surface area contributed by atoms with Crippen molar-refractivity contribution in [1.29, 1.82) is 0 Å². The lowest BCUT2D eigenvalue weighted by molar-refractivity contribution is 0.305. The van der Waals surface area contributed by atoms with Gasteiger partial charge < -0.3 is 16.3 Å². The minimum Gasteiger partial charge on any atom is -0.409 e. The molecule has 0 aliphatic carbocycles. The maximum atomic E-state index is 8.61. The summed E-state index contributed by atoms with van der Waals surface area (Å²) >= 11 is 1.63. The van der Waals surface area contributed by atoms with E-state index in [2.05, 4.69) is 15.5 Å². The van der Waals surface area contributed by atoms with Gasteiger partial charge in [-0.15, -0.1) is 11.3 Å². The van der Waals surface area contributed by atoms with Gasteiger partial charge in [0.2, 0.25) is 0 Å². The molecule has 0 saturated heterocycles. The fourth-order valence-corrected chi connectivity index (χ4v) is 1.77. The molecular weight excluding hydrogens is 224 g/mol. The largest absolute Gasteiger partial charge is 0.409 e. The predicted molar refractivity (Wildman–Crippen MR) is 65.6 cm³/mol. The van der Waals surface area contributed by atoms with E-state index in [4.69, 9.17) is 10.9 Å². The summed E-state index contributed by atoms with van der Waals surface area (Å²) in [6.07, 6.45) is 2.67. The SMILES string of the molecule is CC(C)(CCNCc1cncs1)C(N)=NO. The molecule has 0 aliphatic heterocycles. The number of hydrogen-bond acceptors (Lipinski definition) is 5. The maximum absolute atomic E-state index is 8.61. The molecule has 1 rings (SSSR count). The Morgan fingerprint density at radius 2 is 2.44 bits per heavy atom. The van der Waals surface area contributed by atoms with Gasteiger partial charge in [-0.2, -0.15) is 0 Å². The summed E-state index contributed by atoms with van der Waals surface area (Å²) in [5.74, 6) is 0.270. The normalized spacial score (nSPS) is 13.0. The molecule has 0 radical (unpaired) electrons. The van der Waals surface area contributed by atoms with Gasteiger partial charge in [-0.05, 0) is 13.0 Å². The summed E-state index contributed by atoms with van der Waals surface area (Å²) in [5, 5.41) is 15.0. The van der Waals surface area contributed by atoms with Crippen molar-refractivity contribution in [2.45, 2.75) is 26.8 Å². The van der Waals surface area contributed by atoms with Crippen molar-refractivity contribution >= 4 is 17.2 Å². The Kier molecular flexibility index (Phi) is 4.70. The van der Waals surface area contributed by atoms with Gasteiger partial charge in [-0.3, -0.25) is 4.98 Å². The Balaban J connectivity index is 2.25. The molecule has 0 fully saturated rings. The average Bonchev–Trinajstić information content (AvgIpc) is 2.76. The fraction of sp³-hybridized carbons (Fsp3) is 0.600. The summed E-state index contributed by atoms with van der Waals surface area (Å²) in [5.41, 5.74) is 7.13. The lowest BCUT2D eigenvalue weighted by Crippen LogP contribution is -2.34. The summed E-state index contributed by atoms with van der Waals surface area (Å²) < 4.78 is 0. The van der Waals surface area contributed by atoms with Crippen LogP contribution < -0.4 is 11.1 Å². The highest BCUT2D eigenvalue weighted by atomic mass is 32.1. The molecule has 0 bridgehead atoms. The molecule has 0 saturated carbocycles. The molecular formula is C10H18N4OS. The number of rotatable bonds is 6. The molecule has 0 spiro atoms. The van der Waals surface area contributed by atoms with Crippen molar-refractivity contribution in [3.05, 3.63) is 16.6 Å². The van der Waals surface area contributed by atoms with Gasteiger partial charge in [0.15, 0.2) is 0 Å². The molecule has 0 atom stereocenters. The first-order valence-corrected chi connectivity index (χ1v) is 6.00. The number of nitrogens with two attached hydrogens (primary N) is 1. The molecule has 0 amide bonds. The third-order valence-electron chi connectivity index (χ3n) is 2.51. The van der Waals surface area contributed by atoms with Crippen molar-refractivity contribution in [3.63, 3.8) is 0 Å². The van der Waals surface area contributed by atoms with E-state index in [1.165, 1.54) is 4.88 Å². The second-order valence-electron chi connectivity index (χ2n) is 4.26. The van der Waals surface area contributed by atoms with Crippen LogP contribution in [-0.2, 0) is 6.54 Å². The van der Waals surface area contributed by atoms with E-state index < -0.39 is 0 Å². The monoisotopic (exact) mass is 242 g/mol. The van der Waals surface area contributed by atoms with Crippen LogP contribution in [0.15, 0.2) is 16.9 Å². The third-order valence-corrected chi connectivity index (χ3v) is 3.29. The van der Waals surface area contributed by atoms with Crippen LogP contribution in [0.5, 0.6) is 0 Å². The number of amidine groups is 1. The van der Waals surface area contributed by atoms with Crippen LogP contribution in [-0.4, -0.2) is 22.6 Å². The van der Waals surface area contributed by atoms with E-state index in [1.54, 1.807) is 11.3 Å². The number of nitrogens with one attached hydrogen (secondary N) is 1. The van der Waals surface area contributed by atoms with Gasteiger partial charge in [0, 0.05) is 23.0 Å². The van der Waals surface area contributed by atoms with E-state index in [-0.39, 0.29) is 11.3 Å². The Morgan fingerprint density at radius 3 is 3.00 bits per heavy atom. The minimum atomic E-state index is -0.282. The third kappa shape index (κ3) is 3.79. The second-order valence-corrected chi connectivity index (χ2v) is 5.23. The van der Waals surface area contributed by atoms with Crippen LogP contribution in [0.2, 0.25) is 0 Å². The van der Waals surface area contributed by atoms with E-state index >= 15 is 0 Å². The smallest absolute Gasteiger partial charge is 0.144 e. The van der Waals surface area contributed by atoms with Gasteiger partial charge in [0.25, 0.3) is 0 Å². The summed E-state index contributed by atoms with van der Waals surface area (Å²) in [7, 11) is 0. The number of oxime groups is 1. The molecule has 0 aromatic carbocycles. The quantitative estimate of drug-likeness (QED) is 0.231.